The third-order valence-corrected chi connectivity index (χ3v) is 4.46. The van der Waals surface area contributed by atoms with Crippen molar-refractivity contribution in [2.75, 3.05) is 12.4 Å². The quantitative estimate of drug-likeness (QED) is 0.673. The molecule has 0 aliphatic rings. The maximum absolute atomic E-state index is 12.8. The smallest absolute Gasteiger partial charge is 0.242 e. The molecule has 3 rings (SSSR count). The lowest BCUT2D eigenvalue weighted by Gasteiger charge is -2.15. The molecule has 24 heavy (non-hydrogen) atoms. The van der Waals surface area contributed by atoms with E-state index in [1.54, 1.807) is 31.4 Å². The molecule has 122 valence electrons. The zero-order valence-electron chi connectivity index (χ0n) is 13.0. The van der Waals surface area contributed by atoms with Gasteiger partial charge in [0.15, 0.2) is 5.16 Å². The maximum atomic E-state index is 12.8. The average molecular weight is 340 g/mol. The van der Waals surface area contributed by atoms with Crippen molar-refractivity contribution in [2.24, 2.45) is 0 Å². The lowest BCUT2D eigenvalue weighted by Crippen LogP contribution is -2.19. The number of methoxy groups -OCH3 is 1. The summed E-state index contributed by atoms with van der Waals surface area (Å²) in [5, 5.41) is 9.68. The van der Waals surface area contributed by atoms with E-state index < -0.39 is 5.25 Å². The van der Waals surface area contributed by atoms with E-state index in [2.05, 4.69) is 20.5 Å². The van der Waals surface area contributed by atoms with Crippen molar-refractivity contribution < 1.29 is 9.53 Å². The van der Waals surface area contributed by atoms with E-state index in [1.165, 1.54) is 18.1 Å². The normalized spacial score (nSPS) is 11.7. The molecule has 0 aliphatic carbocycles. The number of rotatable bonds is 6. The van der Waals surface area contributed by atoms with Crippen molar-refractivity contribution >= 4 is 23.4 Å². The SMILES string of the molecule is COc1ccc(NC(=O)C(Sc2ncn[nH]2)c2ccccc2)cc1. The second-order valence-electron chi connectivity index (χ2n) is 4.92. The van der Waals surface area contributed by atoms with Crippen LogP contribution in [-0.2, 0) is 4.79 Å². The van der Waals surface area contributed by atoms with Gasteiger partial charge in [-0.1, -0.05) is 42.1 Å². The zero-order chi connectivity index (χ0) is 16.8. The summed E-state index contributed by atoms with van der Waals surface area (Å²) in [4.78, 5) is 16.9. The van der Waals surface area contributed by atoms with E-state index in [-0.39, 0.29) is 5.91 Å². The predicted octanol–water partition coefficient (Wildman–Crippen LogP) is 3.29. The molecule has 2 N–H and O–H groups in total. The number of carbonyl (C=O) groups is 1. The number of hydrogen-bond acceptors (Lipinski definition) is 5. The van der Waals surface area contributed by atoms with Crippen LogP contribution < -0.4 is 10.1 Å². The van der Waals surface area contributed by atoms with Gasteiger partial charge in [0.05, 0.1) is 7.11 Å². The topological polar surface area (TPSA) is 79.9 Å². The predicted molar refractivity (Wildman–Crippen MR) is 93.0 cm³/mol. The summed E-state index contributed by atoms with van der Waals surface area (Å²) in [6.45, 7) is 0. The third kappa shape index (κ3) is 3.94. The summed E-state index contributed by atoms with van der Waals surface area (Å²) < 4.78 is 5.12. The van der Waals surface area contributed by atoms with Crippen LogP contribution in [0.2, 0.25) is 0 Å². The zero-order valence-corrected chi connectivity index (χ0v) is 13.8. The molecule has 0 radical (unpaired) electrons. The highest BCUT2D eigenvalue weighted by Gasteiger charge is 2.23. The highest BCUT2D eigenvalue weighted by molar-refractivity contribution is 8.00. The van der Waals surface area contributed by atoms with E-state index in [0.717, 1.165) is 11.3 Å². The Balaban J connectivity index is 1.79. The minimum absolute atomic E-state index is 0.132. The van der Waals surface area contributed by atoms with Crippen molar-refractivity contribution in [1.29, 1.82) is 0 Å². The average Bonchev–Trinajstić information content (AvgIpc) is 3.14. The van der Waals surface area contributed by atoms with Gasteiger partial charge in [-0.25, -0.2) is 4.98 Å². The van der Waals surface area contributed by atoms with Crippen LogP contribution in [0.1, 0.15) is 10.8 Å². The number of carbonyl (C=O) groups excluding carboxylic acids is 1. The van der Waals surface area contributed by atoms with Gasteiger partial charge >= 0.3 is 0 Å². The highest BCUT2D eigenvalue weighted by atomic mass is 32.2. The molecule has 0 saturated heterocycles. The fraction of sp³-hybridized carbons (Fsp3) is 0.118. The monoisotopic (exact) mass is 340 g/mol. The molecule has 0 bridgehead atoms. The number of hydrogen-bond donors (Lipinski definition) is 2. The second kappa shape index (κ2) is 7.65. The standard InChI is InChI=1S/C17H16N4O2S/c1-23-14-9-7-13(8-10-14)20-16(22)15(12-5-3-2-4-6-12)24-17-18-11-19-21-17/h2-11,15H,1H3,(H,20,22)(H,18,19,21). The Labute approximate surface area is 143 Å². The van der Waals surface area contributed by atoms with Crippen LogP contribution in [0.4, 0.5) is 5.69 Å². The molecule has 1 aromatic heterocycles. The molecule has 1 unspecified atom stereocenters. The molecule has 7 heteroatoms. The fourth-order valence-electron chi connectivity index (χ4n) is 2.15. The molecule has 0 aliphatic heterocycles. The molecule has 1 atom stereocenters. The summed E-state index contributed by atoms with van der Waals surface area (Å²) >= 11 is 1.32. The molecule has 2 aromatic carbocycles. The van der Waals surface area contributed by atoms with Crippen molar-refractivity contribution in [2.45, 2.75) is 10.4 Å². The van der Waals surface area contributed by atoms with Gasteiger partial charge in [0.25, 0.3) is 0 Å². The second-order valence-corrected chi connectivity index (χ2v) is 6.01. The minimum Gasteiger partial charge on any atom is -0.497 e. The van der Waals surface area contributed by atoms with Gasteiger partial charge in [0.2, 0.25) is 5.91 Å². The van der Waals surface area contributed by atoms with Crippen molar-refractivity contribution in [3.8, 4) is 5.75 Å². The Morgan fingerprint density at radius 2 is 1.92 bits per heavy atom. The van der Waals surface area contributed by atoms with Gasteiger partial charge in [-0.3, -0.25) is 9.89 Å². The van der Waals surface area contributed by atoms with E-state index in [4.69, 9.17) is 4.74 Å². The molecule has 0 fully saturated rings. The van der Waals surface area contributed by atoms with Gasteiger partial charge in [-0.05, 0) is 29.8 Å². The number of aromatic nitrogens is 3. The van der Waals surface area contributed by atoms with Crippen LogP contribution in [0.15, 0.2) is 66.1 Å². The van der Waals surface area contributed by atoms with Gasteiger partial charge in [0.1, 0.15) is 17.3 Å². The first kappa shape index (κ1) is 16.1. The summed E-state index contributed by atoms with van der Waals surface area (Å²) in [5.74, 6) is 0.608. The fourth-order valence-corrected chi connectivity index (χ4v) is 3.04. The molecule has 3 aromatic rings. The Morgan fingerprint density at radius 3 is 2.54 bits per heavy atom. The Hall–Kier alpha value is -2.80. The Kier molecular flexibility index (Phi) is 5.12. The van der Waals surface area contributed by atoms with Crippen LogP contribution in [0, 0.1) is 0 Å². The number of benzene rings is 2. The lowest BCUT2D eigenvalue weighted by atomic mass is 10.1. The van der Waals surface area contributed by atoms with E-state index >= 15 is 0 Å². The van der Waals surface area contributed by atoms with Crippen LogP contribution in [-0.4, -0.2) is 28.2 Å². The number of H-pyrrole nitrogens is 1. The van der Waals surface area contributed by atoms with Crippen molar-refractivity contribution in [1.82, 2.24) is 15.2 Å². The van der Waals surface area contributed by atoms with Crippen LogP contribution in [0.5, 0.6) is 5.75 Å². The van der Waals surface area contributed by atoms with Crippen LogP contribution in [0.3, 0.4) is 0 Å². The molecular weight excluding hydrogens is 324 g/mol. The summed E-state index contributed by atoms with van der Waals surface area (Å²) in [6.07, 6.45) is 1.42. The molecule has 6 nitrogen and oxygen atoms in total. The maximum Gasteiger partial charge on any atom is 0.242 e. The first-order valence-corrected chi connectivity index (χ1v) is 8.16. The molecule has 1 heterocycles. The summed E-state index contributed by atoms with van der Waals surface area (Å²) in [6, 6.07) is 16.8. The summed E-state index contributed by atoms with van der Waals surface area (Å²) in [5.41, 5.74) is 1.60. The van der Waals surface area contributed by atoms with Gasteiger partial charge in [0, 0.05) is 5.69 Å². The van der Waals surface area contributed by atoms with E-state index in [1.807, 2.05) is 30.3 Å². The van der Waals surface area contributed by atoms with Crippen molar-refractivity contribution in [3.63, 3.8) is 0 Å². The Morgan fingerprint density at radius 1 is 1.17 bits per heavy atom. The first-order chi connectivity index (χ1) is 11.8. The number of amides is 1. The van der Waals surface area contributed by atoms with Gasteiger partial charge in [-0.2, -0.15) is 5.10 Å². The van der Waals surface area contributed by atoms with Crippen molar-refractivity contribution in [3.05, 3.63) is 66.5 Å². The number of nitrogens with zero attached hydrogens (tertiary/aromatic N) is 2. The number of anilines is 1. The molecule has 0 saturated carbocycles. The molecule has 1 amide bonds. The lowest BCUT2D eigenvalue weighted by molar-refractivity contribution is -0.115. The third-order valence-electron chi connectivity index (χ3n) is 3.32. The summed E-state index contributed by atoms with van der Waals surface area (Å²) in [7, 11) is 1.60. The number of nitrogens with one attached hydrogen (secondary N) is 2. The highest BCUT2D eigenvalue weighted by Crippen LogP contribution is 2.34. The van der Waals surface area contributed by atoms with Crippen LogP contribution in [0.25, 0.3) is 0 Å². The van der Waals surface area contributed by atoms with E-state index in [0.29, 0.717) is 10.8 Å². The van der Waals surface area contributed by atoms with E-state index in [9.17, 15) is 4.79 Å². The number of thioether (sulfide) groups is 1. The first-order valence-electron chi connectivity index (χ1n) is 7.28. The number of aromatic amines is 1. The minimum atomic E-state index is -0.443. The largest absolute Gasteiger partial charge is 0.497 e. The van der Waals surface area contributed by atoms with Gasteiger partial charge < -0.3 is 10.1 Å². The van der Waals surface area contributed by atoms with Crippen LogP contribution >= 0.6 is 11.8 Å². The molecule has 0 spiro atoms. The Bertz CT molecular complexity index is 776. The number of ether oxygens (including phenoxy) is 1. The van der Waals surface area contributed by atoms with Gasteiger partial charge in [-0.15, -0.1) is 0 Å². The molecular formula is C17H16N4O2S.